The highest BCUT2D eigenvalue weighted by Crippen LogP contribution is 2.18. The van der Waals surface area contributed by atoms with Crippen molar-refractivity contribution in [1.82, 2.24) is 4.90 Å². The molecule has 2 rings (SSSR count). The van der Waals surface area contributed by atoms with Gasteiger partial charge in [-0.1, -0.05) is 24.9 Å². The number of unbranched alkanes of at least 4 members (excludes halogenated alkanes) is 1. The van der Waals surface area contributed by atoms with E-state index >= 15 is 0 Å². The summed E-state index contributed by atoms with van der Waals surface area (Å²) >= 11 is 5.86. The fourth-order valence-electron chi connectivity index (χ4n) is 2.22. The Morgan fingerprint density at radius 3 is 2.90 bits per heavy atom. The number of carbonyl (C=O) groups excluding carboxylic acids is 1. The Labute approximate surface area is 125 Å². The van der Waals surface area contributed by atoms with Gasteiger partial charge in [0.25, 0.3) is 0 Å². The Bertz CT molecular complexity index is 436. The Morgan fingerprint density at radius 2 is 2.20 bits per heavy atom. The number of hydrogen-bond acceptors (Lipinski definition) is 3. The Kier molecular flexibility index (Phi) is 5.53. The minimum Gasteiger partial charge on any atom is -0.449 e. The molecule has 0 aliphatic carbocycles. The zero-order valence-electron chi connectivity index (χ0n) is 11.8. The van der Waals surface area contributed by atoms with Gasteiger partial charge in [0.1, 0.15) is 0 Å². The van der Waals surface area contributed by atoms with Crippen LogP contribution in [-0.4, -0.2) is 36.7 Å². The minimum atomic E-state index is -0.196. The number of benzene rings is 1. The largest absolute Gasteiger partial charge is 0.449 e. The molecule has 1 unspecified atom stereocenters. The van der Waals surface area contributed by atoms with Crippen molar-refractivity contribution in [3.05, 3.63) is 29.3 Å². The van der Waals surface area contributed by atoms with Crippen LogP contribution in [0.2, 0.25) is 5.02 Å². The molecule has 1 N–H and O–H groups in total. The lowest BCUT2D eigenvalue weighted by Gasteiger charge is -2.17. The third-order valence-electron chi connectivity index (χ3n) is 3.38. The van der Waals surface area contributed by atoms with Gasteiger partial charge in [0, 0.05) is 29.8 Å². The van der Waals surface area contributed by atoms with Crippen LogP contribution in [0.1, 0.15) is 26.2 Å². The molecule has 1 heterocycles. The summed E-state index contributed by atoms with van der Waals surface area (Å²) in [5.74, 6) is 0. The van der Waals surface area contributed by atoms with Gasteiger partial charge in [-0.2, -0.15) is 0 Å². The number of ether oxygens (including phenoxy) is 1. The summed E-state index contributed by atoms with van der Waals surface area (Å²) in [5.41, 5.74) is 1.03. The summed E-state index contributed by atoms with van der Waals surface area (Å²) in [6.45, 7) is 4.03. The van der Waals surface area contributed by atoms with Crippen molar-refractivity contribution in [2.45, 2.75) is 32.2 Å². The van der Waals surface area contributed by atoms with E-state index < -0.39 is 0 Å². The topological polar surface area (TPSA) is 41.6 Å². The van der Waals surface area contributed by atoms with E-state index in [0.717, 1.165) is 36.5 Å². The number of halogens is 1. The maximum absolute atomic E-state index is 11.8. The standard InChI is InChI=1S/C15H21ClN2O2/c1-2-3-10-20-15(19)18-9-8-14(11-18)17-13-6-4-12(16)5-7-13/h4-7,14,17H,2-3,8-11H2,1H3. The molecule has 20 heavy (non-hydrogen) atoms. The highest BCUT2D eigenvalue weighted by atomic mass is 35.5. The zero-order chi connectivity index (χ0) is 14.4. The van der Waals surface area contributed by atoms with Gasteiger partial charge >= 0.3 is 6.09 Å². The molecule has 1 amide bonds. The van der Waals surface area contributed by atoms with Crippen molar-refractivity contribution in [3.63, 3.8) is 0 Å². The number of hydrogen-bond donors (Lipinski definition) is 1. The summed E-state index contributed by atoms with van der Waals surface area (Å²) in [7, 11) is 0. The molecule has 1 atom stereocenters. The van der Waals surface area contributed by atoms with Crippen LogP contribution in [0.25, 0.3) is 0 Å². The predicted molar refractivity (Wildman–Crippen MR) is 81.3 cm³/mol. The number of rotatable bonds is 5. The van der Waals surface area contributed by atoms with E-state index in [1.165, 1.54) is 0 Å². The lowest BCUT2D eigenvalue weighted by atomic mass is 10.2. The minimum absolute atomic E-state index is 0.196. The first-order valence-corrected chi connectivity index (χ1v) is 7.50. The number of nitrogens with one attached hydrogen (secondary N) is 1. The normalized spacial score (nSPS) is 18.1. The van der Waals surface area contributed by atoms with Crippen LogP contribution in [0.15, 0.2) is 24.3 Å². The van der Waals surface area contributed by atoms with Gasteiger partial charge in [-0.05, 0) is 37.1 Å². The van der Waals surface area contributed by atoms with Crippen molar-refractivity contribution in [2.75, 3.05) is 25.0 Å². The lowest BCUT2D eigenvalue weighted by Crippen LogP contribution is -2.32. The van der Waals surface area contributed by atoms with Crippen LogP contribution in [0.5, 0.6) is 0 Å². The van der Waals surface area contributed by atoms with Gasteiger partial charge in [0.05, 0.1) is 6.61 Å². The molecule has 0 spiro atoms. The number of carbonyl (C=O) groups is 1. The number of likely N-dealkylation sites (tertiary alicyclic amines) is 1. The van der Waals surface area contributed by atoms with Gasteiger partial charge < -0.3 is 15.0 Å². The highest BCUT2D eigenvalue weighted by molar-refractivity contribution is 6.30. The number of amides is 1. The second kappa shape index (κ2) is 7.39. The van der Waals surface area contributed by atoms with Crippen molar-refractivity contribution in [1.29, 1.82) is 0 Å². The molecule has 1 aromatic rings. The molecule has 1 fully saturated rings. The maximum atomic E-state index is 11.8. The van der Waals surface area contributed by atoms with Crippen LogP contribution in [0.4, 0.5) is 10.5 Å². The van der Waals surface area contributed by atoms with Crippen LogP contribution >= 0.6 is 11.6 Å². The second-order valence-electron chi connectivity index (χ2n) is 5.05. The maximum Gasteiger partial charge on any atom is 0.409 e. The average molecular weight is 297 g/mol. The monoisotopic (exact) mass is 296 g/mol. The zero-order valence-corrected chi connectivity index (χ0v) is 12.5. The average Bonchev–Trinajstić information content (AvgIpc) is 2.90. The van der Waals surface area contributed by atoms with Gasteiger partial charge in [-0.3, -0.25) is 0 Å². The lowest BCUT2D eigenvalue weighted by molar-refractivity contribution is 0.109. The quantitative estimate of drug-likeness (QED) is 0.841. The fourth-order valence-corrected chi connectivity index (χ4v) is 2.35. The van der Waals surface area contributed by atoms with Crippen LogP contribution in [0.3, 0.4) is 0 Å². The summed E-state index contributed by atoms with van der Waals surface area (Å²) < 4.78 is 5.22. The van der Waals surface area contributed by atoms with Gasteiger partial charge in [0.15, 0.2) is 0 Å². The molecule has 1 aliphatic heterocycles. The van der Waals surface area contributed by atoms with Crippen molar-refractivity contribution in [3.8, 4) is 0 Å². The van der Waals surface area contributed by atoms with Crippen molar-refractivity contribution in [2.24, 2.45) is 0 Å². The first-order valence-electron chi connectivity index (χ1n) is 7.13. The van der Waals surface area contributed by atoms with E-state index in [0.29, 0.717) is 13.2 Å². The van der Waals surface area contributed by atoms with Gasteiger partial charge in [-0.25, -0.2) is 4.79 Å². The third kappa shape index (κ3) is 4.30. The Morgan fingerprint density at radius 1 is 1.45 bits per heavy atom. The molecule has 5 heteroatoms. The number of anilines is 1. The molecular formula is C15H21ClN2O2. The van der Waals surface area contributed by atoms with Crippen LogP contribution in [0, 0.1) is 0 Å². The molecule has 4 nitrogen and oxygen atoms in total. The summed E-state index contributed by atoms with van der Waals surface area (Å²) in [5, 5.41) is 4.14. The first-order chi connectivity index (χ1) is 9.69. The fraction of sp³-hybridized carbons (Fsp3) is 0.533. The van der Waals surface area contributed by atoms with E-state index in [2.05, 4.69) is 12.2 Å². The second-order valence-corrected chi connectivity index (χ2v) is 5.49. The van der Waals surface area contributed by atoms with E-state index in [4.69, 9.17) is 16.3 Å². The molecule has 1 saturated heterocycles. The van der Waals surface area contributed by atoms with E-state index in [1.807, 2.05) is 24.3 Å². The van der Waals surface area contributed by atoms with Crippen LogP contribution in [-0.2, 0) is 4.74 Å². The first kappa shape index (κ1) is 15.0. The molecule has 0 saturated carbocycles. The molecule has 1 aromatic carbocycles. The molecule has 110 valence electrons. The van der Waals surface area contributed by atoms with Crippen LogP contribution < -0.4 is 5.32 Å². The predicted octanol–water partition coefficient (Wildman–Crippen LogP) is 3.76. The SMILES string of the molecule is CCCCOC(=O)N1CCC(Nc2ccc(Cl)cc2)C1. The van der Waals surface area contributed by atoms with E-state index in [1.54, 1.807) is 4.90 Å². The van der Waals surface area contributed by atoms with Crippen molar-refractivity contribution < 1.29 is 9.53 Å². The molecule has 0 radical (unpaired) electrons. The summed E-state index contributed by atoms with van der Waals surface area (Å²) in [6, 6.07) is 7.88. The number of nitrogens with zero attached hydrogens (tertiary/aromatic N) is 1. The summed E-state index contributed by atoms with van der Waals surface area (Å²) in [4.78, 5) is 13.6. The van der Waals surface area contributed by atoms with E-state index in [9.17, 15) is 4.79 Å². The van der Waals surface area contributed by atoms with Gasteiger partial charge in [0.2, 0.25) is 0 Å². The highest BCUT2D eigenvalue weighted by Gasteiger charge is 2.26. The molecule has 0 bridgehead atoms. The van der Waals surface area contributed by atoms with Gasteiger partial charge in [-0.15, -0.1) is 0 Å². The molecule has 1 aliphatic rings. The Balaban J connectivity index is 1.77. The molecule has 0 aromatic heterocycles. The van der Waals surface area contributed by atoms with Crippen molar-refractivity contribution >= 4 is 23.4 Å². The summed E-state index contributed by atoms with van der Waals surface area (Å²) in [6.07, 6.45) is 2.70. The molecular weight excluding hydrogens is 276 g/mol. The Hall–Kier alpha value is -1.42. The third-order valence-corrected chi connectivity index (χ3v) is 3.64. The van der Waals surface area contributed by atoms with E-state index in [-0.39, 0.29) is 12.1 Å². The smallest absolute Gasteiger partial charge is 0.409 e.